The van der Waals surface area contributed by atoms with Crippen LogP contribution in [0, 0.1) is 0 Å². The van der Waals surface area contributed by atoms with Crippen molar-refractivity contribution >= 4 is 6.21 Å². The highest BCUT2D eigenvalue weighted by Crippen LogP contribution is 2.29. The molecule has 1 aromatic heterocycles. The van der Waals surface area contributed by atoms with Crippen LogP contribution in [0.1, 0.15) is 22.7 Å². The van der Waals surface area contributed by atoms with Crippen LogP contribution < -0.4 is 0 Å². The van der Waals surface area contributed by atoms with Crippen molar-refractivity contribution < 1.29 is 0 Å². The second-order valence-corrected chi connectivity index (χ2v) is 6.74. The molecule has 0 unspecified atom stereocenters. The summed E-state index contributed by atoms with van der Waals surface area (Å²) >= 11 is 0. The molecule has 136 valence electrons. The molecule has 1 aliphatic rings. The van der Waals surface area contributed by atoms with Gasteiger partial charge in [0.15, 0.2) is 0 Å². The molecule has 1 fully saturated rings. The molecule has 0 atom stereocenters. The molecule has 4 heteroatoms. The van der Waals surface area contributed by atoms with E-state index in [4.69, 9.17) is 0 Å². The van der Waals surface area contributed by atoms with Crippen LogP contribution in [0.4, 0.5) is 0 Å². The quantitative estimate of drug-likeness (QED) is 0.651. The number of hydrogen-bond acceptors (Lipinski definition) is 4. The van der Waals surface area contributed by atoms with E-state index < -0.39 is 0 Å². The maximum absolute atomic E-state index is 4.63. The van der Waals surface area contributed by atoms with Crippen molar-refractivity contribution in [3.8, 4) is 0 Å². The van der Waals surface area contributed by atoms with E-state index in [0.717, 1.165) is 31.7 Å². The van der Waals surface area contributed by atoms with E-state index in [1.165, 1.54) is 11.1 Å². The van der Waals surface area contributed by atoms with Crippen molar-refractivity contribution in [2.24, 2.45) is 5.10 Å². The molecule has 1 aliphatic heterocycles. The zero-order chi connectivity index (χ0) is 18.3. The fraction of sp³-hybridized carbons (Fsp3) is 0.217. The van der Waals surface area contributed by atoms with E-state index in [1.807, 2.05) is 24.5 Å². The van der Waals surface area contributed by atoms with Gasteiger partial charge >= 0.3 is 0 Å². The fourth-order valence-electron chi connectivity index (χ4n) is 3.57. The van der Waals surface area contributed by atoms with E-state index in [2.05, 4.69) is 80.7 Å². The van der Waals surface area contributed by atoms with Crippen molar-refractivity contribution in [3.05, 3.63) is 102 Å². The molecule has 0 aliphatic carbocycles. The highest BCUT2D eigenvalue weighted by atomic mass is 15.5. The number of rotatable bonds is 5. The Morgan fingerprint density at radius 2 is 1.41 bits per heavy atom. The maximum Gasteiger partial charge on any atom is 0.0603 e. The normalized spacial score (nSPS) is 15.5. The number of nitrogens with zero attached hydrogens (tertiary/aromatic N) is 4. The van der Waals surface area contributed by atoms with E-state index in [9.17, 15) is 0 Å². The van der Waals surface area contributed by atoms with Crippen LogP contribution in [-0.2, 0) is 0 Å². The topological polar surface area (TPSA) is 31.7 Å². The van der Waals surface area contributed by atoms with Crippen molar-refractivity contribution in [2.45, 2.75) is 6.04 Å². The number of hydrogen-bond donors (Lipinski definition) is 0. The van der Waals surface area contributed by atoms with Gasteiger partial charge < -0.3 is 0 Å². The SMILES string of the molecule is C(=N/N1CCN(C(c2ccccc2)c2ccccc2)CC1)/c1cccnc1. The van der Waals surface area contributed by atoms with Crippen LogP contribution in [0.25, 0.3) is 0 Å². The molecular weight excluding hydrogens is 332 g/mol. The Morgan fingerprint density at radius 3 is 1.96 bits per heavy atom. The molecule has 4 rings (SSSR count). The van der Waals surface area contributed by atoms with Gasteiger partial charge in [-0.25, -0.2) is 0 Å². The van der Waals surface area contributed by atoms with E-state index >= 15 is 0 Å². The van der Waals surface area contributed by atoms with Crippen molar-refractivity contribution in [3.63, 3.8) is 0 Å². The molecule has 0 N–H and O–H groups in total. The molecule has 2 heterocycles. The monoisotopic (exact) mass is 356 g/mol. The predicted octanol–water partition coefficient (Wildman–Crippen LogP) is 3.82. The molecule has 27 heavy (non-hydrogen) atoms. The first-order valence-electron chi connectivity index (χ1n) is 9.43. The molecule has 3 aromatic rings. The molecule has 0 amide bonds. The van der Waals surface area contributed by atoms with Gasteiger partial charge in [-0.1, -0.05) is 66.7 Å². The van der Waals surface area contributed by atoms with Gasteiger partial charge in [0, 0.05) is 44.1 Å². The van der Waals surface area contributed by atoms with Crippen LogP contribution in [-0.4, -0.2) is 47.3 Å². The summed E-state index contributed by atoms with van der Waals surface area (Å²) in [6.45, 7) is 3.82. The first-order valence-corrected chi connectivity index (χ1v) is 9.43. The van der Waals surface area contributed by atoms with Crippen LogP contribution in [0.5, 0.6) is 0 Å². The second kappa shape index (κ2) is 8.60. The lowest BCUT2D eigenvalue weighted by Gasteiger charge is -2.38. The maximum atomic E-state index is 4.63. The van der Waals surface area contributed by atoms with Gasteiger partial charge in [-0.2, -0.15) is 5.10 Å². The molecule has 0 saturated carbocycles. The summed E-state index contributed by atoms with van der Waals surface area (Å²) in [7, 11) is 0. The minimum absolute atomic E-state index is 0.289. The summed E-state index contributed by atoms with van der Waals surface area (Å²) in [5.41, 5.74) is 3.72. The van der Waals surface area contributed by atoms with Crippen molar-refractivity contribution in [2.75, 3.05) is 26.2 Å². The Labute approximate surface area is 160 Å². The lowest BCUT2D eigenvalue weighted by molar-refractivity contribution is 0.113. The first kappa shape index (κ1) is 17.4. The highest BCUT2D eigenvalue weighted by molar-refractivity contribution is 5.78. The Hall–Kier alpha value is -2.98. The summed E-state index contributed by atoms with van der Waals surface area (Å²) < 4.78 is 0. The number of pyridine rings is 1. The van der Waals surface area contributed by atoms with Crippen LogP contribution >= 0.6 is 0 Å². The van der Waals surface area contributed by atoms with Gasteiger partial charge in [0.05, 0.1) is 12.3 Å². The first-order chi connectivity index (χ1) is 13.4. The second-order valence-electron chi connectivity index (χ2n) is 6.74. The molecule has 0 bridgehead atoms. The minimum Gasteiger partial charge on any atom is -0.294 e. The summed E-state index contributed by atoms with van der Waals surface area (Å²) in [5, 5.41) is 6.78. The van der Waals surface area contributed by atoms with Crippen LogP contribution in [0.2, 0.25) is 0 Å². The fourth-order valence-corrected chi connectivity index (χ4v) is 3.57. The smallest absolute Gasteiger partial charge is 0.0603 e. The molecule has 1 saturated heterocycles. The lowest BCUT2D eigenvalue weighted by atomic mass is 9.96. The van der Waals surface area contributed by atoms with E-state index in [-0.39, 0.29) is 6.04 Å². The molecule has 0 radical (unpaired) electrons. The highest BCUT2D eigenvalue weighted by Gasteiger charge is 2.25. The summed E-state index contributed by atoms with van der Waals surface area (Å²) in [6.07, 6.45) is 5.51. The third-order valence-corrected chi connectivity index (χ3v) is 4.94. The van der Waals surface area contributed by atoms with Crippen molar-refractivity contribution in [1.29, 1.82) is 0 Å². The Morgan fingerprint density at radius 1 is 0.778 bits per heavy atom. The summed E-state index contributed by atoms with van der Waals surface area (Å²) in [4.78, 5) is 6.69. The van der Waals surface area contributed by atoms with Crippen LogP contribution in [0.3, 0.4) is 0 Å². The van der Waals surface area contributed by atoms with Gasteiger partial charge in [0.2, 0.25) is 0 Å². The Bertz CT molecular complexity index is 802. The number of piperazine rings is 1. The Kier molecular flexibility index (Phi) is 5.56. The molecule has 0 spiro atoms. The van der Waals surface area contributed by atoms with Crippen molar-refractivity contribution in [1.82, 2.24) is 14.9 Å². The van der Waals surface area contributed by atoms with E-state index in [1.54, 1.807) is 6.20 Å². The average Bonchev–Trinajstić information content (AvgIpc) is 2.76. The van der Waals surface area contributed by atoms with Gasteiger partial charge in [-0.05, 0) is 17.2 Å². The molecule has 4 nitrogen and oxygen atoms in total. The lowest BCUT2D eigenvalue weighted by Crippen LogP contribution is -2.45. The minimum atomic E-state index is 0.289. The number of aromatic nitrogens is 1. The third-order valence-electron chi connectivity index (χ3n) is 4.94. The molecular formula is C23H24N4. The van der Waals surface area contributed by atoms with Gasteiger partial charge in [-0.3, -0.25) is 14.9 Å². The van der Waals surface area contributed by atoms with Gasteiger partial charge in [0.1, 0.15) is 0 Å². The standard InChI is InChI=1S/C23H24N4/c1-3-9-21(10-4-1)23(22-11-5-2-6-12-22)26-14-16-27(17-15-26)25-19-20-8-7-13-24-18-20/h1-13,18-19,23H,14-17H2/b25-19-. The van der Waals surface area contributed by atoms with Gasteiger partial charge in [0.25, 0.3) is 0 Å². The average molecular weight is 356 g/mol. The number of hydrazone groups is 1. The number of benzene rings is 2. The zero-order valence-corrected chi connectivity index (χ0v) is 15.4. The molecule has 2 aromatic carbocycles. The third kappa shape index (κ3) is 4.41. The largest absolute Gasteiger partial charge is 0.294 e. The Balaban J connectivity index is 1.47. The van der Waals surface area contributed by atoms with Crippen LogP contribution in [0.15, 0.2) is 90.3 Å². The zero-order valence-electron chi connectivity index (χ0n) is 15.4. The van der Waals surface area contributed by atoms with Gasteiger partial charge in [-0.15, -0.1) is 0 Å². The summed E-state index contributed by atoms with van der Waals surface area (Å²) in [6, 6.07) is 25.8. The summed E-state index contributed by atoms with van der Waals surface area (Å²) in [5.74, 6) is 0. The van der Waals surface area contributed by atoms with E-state index in [0.29, 0.717) is 0 Å². The predicted molar refractivity (Wildman–Crippen MR) is 110 cm³/mol.